The van der Waals surface area contributed by atoms with Gasteiger partial charge in [0.05, 0.1) is 13.2 Å². The molecule has 110 valence electrons. The maximum absolute atomic E-state index is 9.81. The summed E-state index contributed by atoms with van der Waals surface area (Å²) in [7, 11) is 1.63. The van der Waals surface area contributed by atoms with Gasteiger partial charge in [-0.25, -0.2) is 0 Å². The molecule has 0 spiro atoms. The number of aryl methyl sites for hydroxylation is 1. The largest absolute Gasteiger partial charge is 0.496 e. The van der Waals surface area contributed by atoms with Crippen LogP contribution in [0.3, 0.4) is 0 Å². The summed E-state index contributed by atoms with van der Waals surface area (Å²) in [5, 5.41) is 10.5. The highest BCUT2D eigenvalue weighted by Crippen LogP contribution is 2.33. The third-order valence-electron chi connectivity index (χ3n) is 3.80. The van der Waals surface area contributed by atoms with E-state index in [9.17, 15) is 5.11 Å². The molecule has 0 saturated heterocycles. The van der Waals surface area contributed by atoms with Crippen LogP contribution in [0.5, 0.6) is 11.5 Å². The van der Waals surface area contributed by atoms with Crippen LogP contribution < -0.4 is 9.47 Å². The quantitative estimate of drug-likeness (QED) is 0.931. The minimum absolute atomic E-state index is 0.331. The lowest BCUT2D eigenvalue weighted by atomic mass is 10.1. The maximum Gasteiger partial charge on any atom is 0.125 e. The van der Waals surface area contributed by atoms with E-state index < -0.39 is 0 Å². The predicted molar refractivity (Wildman–Crippen MR) is 82.1 cm³/mol. The van der Waals surface area contributed by atoms with Crippen LogP contribution in [0.4, 0.5) is 0 Å². The number of benzene rings is 2. The Bertz CT molecular complexity index is 654. The van der Waals surface area contributed by atoms with Crippen LogP contribution in [-0.2, 0) is 13.0 Å². The molecule has 3 nitrogen and oxygen atoms in total. The smallest absolute Gasteiger partial charge is 0.125 e. The highest BCUT2D eigenvalue weighted by Gasteiger charge is 2.20. The van der Waals surface area contributed by atoms with E-state index in [2.05, 4.69) is 0 Å². The summed E-state index contributed by atoms with van der Waals surface area (Å²) in [5.74, 6) is 1.56. The molecule has 0 radical (unpaired) electrons. The van der Waals surface area contributed by atoms with E-state index in [0.29, 0.717) is 11.6 Å². The molecule has 0 saturated carbocycles. The molecule has 0 aliphatic heterocycles. The Hall–Kier alpha value is -1.71. The fourth-order valence-electron chi connectivity index (χ4n) is 2.68. The zero-order valence-electron chi connectivity index (χ0n) is 11.8. The van der Waals surface area contributed by atoms with E-state index >= 15 is 0 Å². The standard InChI is InChI=1S/C17H17ClO3/c1-20-17-7-3-13(18)8-12(17)10-21-14-4-5-15-11(9-14)2-6-16(15)19/h3-5,7-9,16,19H,2,6,10H2,1H3. The molecule has 0 heterocycles. The van der Waals surface area contributed by atoms with Gasteiger partial charge in [-0.1, -0.05) is 17.7 Å². The van der Waals surface area contributed by atoms with Gasteiger partial charge in [-0.05, 0) is 54.3 Å². The number of hydrogen-bond donors (Lipinski definition) is 1. The normalized spacial score (nSPS) is 16.6. The molecule has 21 heavy (non-hydrogen) atoms. The van der Waals surface area contributed by atoms with Crippen molar-refractivity contribution < 1.29 is 14.6 Å². The molecule has 0 aromatic heterocycles. The first kappa shape index (κ1) is 14.2. The van der Waals surface area contributed by atoms with Gasteiger partial charge >= 0.3 is 0 Å². The predicted octanol–water partition coefficient (Wildman–Crippen LogP) is 3.91. The van der Waals surface area contributed by atoms with E-state index in [1.54, 1.807) is 13.2 Å². The molecular weight excluding hydrogens is 288 g/mol. The number of aliphatic hydroxyl groups is 1. The molecule has 1 unspecified atom stereocenters. The summed E-state index contributed by atoms with van der Waals surface area (Å²) in [6.07, 6.45) is 1.36. The maximum atomic E-state index is 9.81. The molecule has 0 amide bonds. The van der Waals surface area contributed by atoms with Crippen LogP contribution in [0.2, 0.25) is 5.02 Å². The average Bonchev–Trinajstić information content (AvgIpc) is 2.86. The van der Waals surface area contributed by atoms with E-state index in [1.165, 1.54) is 0 Å². The first-order valence-electron chi connectivity index (χ1n) is 6.93. The van der Waals surface area contributed by atoms with E-state index in [-0.39, 0.29) is 6.10 Å². The van der Waals surface area contributed by atoms with Crippen LogP contribution in [0.1, 0.15) is 29.2 Å². The van der Waals surface area contributed by atoms with Gasteiger partial charge in [-0.15, -0.1) is 0 Å². The third-order valence-corrected chi connectivity index (χ3v) is 4.03. The molecular formula is C17H17ClO3. The molecule has 2 aromatic carbocycles. The van der Waals surface area contributed by atoms with Crippen molar-refractivity contribution in [3.05, 3.63) is 58.1 Å². The highest BCUT2D eigenvalue weighted by atomic mass is 35.5. The van der Waals surface area contributed by atoms with Gasteiger partial charge in [0, 0.05) is 10.6 Å². The van der Waals surface area contributed by atoms with Gasteiger partial charge in [-0.2, -0.15) is 0 Å². The zero-order valence-corrected chi connectivity index (χ0v) is 12.6. The number of methoxy groups -OCH3 is 1. The number of aliphatic hydroxyl groups excluding tert-OH is 1. The van der Waals surface area contributed by atoms with Gasteiger partial charge in [0.1, 0.15) is 18.1 Å². The van der Waals surface area contributed by atoms with Crippen molar-refractivity contribution in [2.24, 2.45) is 0 Å². The van der Waals surface area contributed by atoms with Crippen LogP contribution >= 0.6 is 11.6 Å². The molecule has 3 rings (SSSR count). The van der Waals surface area contributed by atoms with Crippen molar-refractivity contribution in [1.82, 2.24) is 0 Å². The fourth-order valence-corrected chi connectivity index (χ4v) is 2.88. The molecule has 1 atom stereocenters. The van der Waals surface area contributed by atoms with Crippen molar-refractivity contribution in [3.8, 4) is 11.5 Å². The number of fused-ring (bicyclic) bond motifs is 1. The van der Waals surface area contributed by atoms with Crippen molar-refractivity contribution in [2.45, 2.75) is 25.6 Å². The first-order valence-corrected chi connectivity index (χ1v) is 7.31. The van der Waals surface area contributed by atoms with Crippen LogP contribution in [0.15, 0.2) is 36.4 Å². The summed E-state index contributed by atoms with van der Waals surface area (Å²) in [5.41, 5.74) is 3.09. The van der Waals surface area contributed by atoms with Crippen LogP contribution in [0.25, 0.3) is 0 Å². The van der Waals surface area contributed by atoms with E-state index in [1.807, 2.05) is 30.3 Å². The Morgan fingerprint density at radius 3 is 2.90 bits per heavy atom. The number of hydrogen-bond acceptors (Lipinski definition) is 3. The van der Waals surface area contributed by atoms with E-state index in [0.717, 1.165) is 41.0 Å². The summed E-state index contributed by atoms with van der Waals surface area (Å²) >= 11 is 6.01. The Balaban J connectivity index is 1.75. The number of halogens is 1. The second kappa shape index (κ2) is 5.96. The molecule has 1 aliphatic carbocycles. The molecule has 0 bridgehead atoms. The monoisotopic (exact) mass is 304 g/mol. The van der Waals surface area contributed by atoms with Crippen molar-refractivity contribution in [2.75, 3.05) is 7.11 Å². The molecule has 2 aromatic rings. The summed E-state index contributed by atoms with van der Waals surface area (Å²) < 4.78 is 11.1. The van der Waals surface area contributed by atoms with Crippen molar-refractivity contribution in [3.63, 3.8) is 0 Å². The highest BCUT2D eigenvalue weighted by molar-refractivity contribution is 6.30. The third kappa shape index (κ3) is 2.99. The minimum atomic E-state index is -0.331. The topological polar surface area (TPSA) is 38.7 Å². The SMILES string of the molecule is COc1ccc(Cl)cc1COc1ccc2c(c1)CCC2O. The van der Waals surface area contributed by atoms with Crippen LogP contribution in [-0.4, -0.2) is 12.2 Å². The molecule has 1 aliphatic rings. The molecule has 1 N–H and O–H groups in total. The van der Waals surface area contributed by atoms with Crippen molar-refractivity contribution in [1.29, 1.82) is 0 Å². The van der Waals surface area contributed by atoms with Gasteiger partial charge < -0.3 is 14.6 Å². The minimum Gasteiger partial charge on any atom is -0.496 e. The Labute approximate surface area is 129 Å². The Morgan fingerprint density at radius 1 is 1.24 bits per heavy atom. The van der Waals surface area contributed by atoms with Gasteiger partial charge in [0.25, 0.3) is 0 Å². The summed E-state index contributed by atoms with van der Waals surface area (Å²) in [4.78, 5) is 0. The Kier molecular flexibility index (Phi) is 4.04. The van der Waals surface area contributed by atoms with Crippen molar-refractivity contribution >= 4 is 11.6 Å². The molecule has 0 fully saturated rings. The van der Waals surface area contributed by atoms with Gasteiger partial charge in [0.2, 0.25) is 0 Å². The average molecular weight is 305 g/mol. The zero-order chi connectivity index (χ0) is 14.8. The summed E-state index contributed by atoms with van der Waals surface area (Å²) in [6, 6.07) is 11.3. The van der Waals surface area contributed by atoms with Crippen LogP contribution in [0, 0.1) is 0 Å². The Morgan fingerprint density at radius 2 is 2.10 bits per heavy atom. The second-order valence-electron chi connectivity index (χ2n) is 5.16. The van der Waals surface area contributed by atoms with E-state index in [4.69, 9.17) is 21.1 Å². The fraction of sp³-hybridized carbons (Fsp3) is 0.294. The number of rotatable bonds is 4. The summed E-state index contributed by atoms with van der Waals surface area (Å²) in [6.45, 7) is 0.394. The lowest BCUT2D eigenvalue weighted by molar-refractivity contribution is 0.180. The number of ether oxygens (including phenoxy) is 2. The first-order chi connectivity index (χ1) is 10.2. The van der Waals surface area contributed by atoms with Gasteiger partial charge in [-0.3, -0.25) is 0 Å². The molecule has 4 heteroatoms. The second-order valence-corrected chi connectivity index (χ2v) is 5.60. The lowest BCUT2D eigenvalue weighted by Gasteiger charge is -2.12. The van der Waals surface area contributed by atoms with Gasteiger partial charge in [0.15, 0.2) is 0 Å². The lowest BCUT2D eigenvalue weighted by Crippen LogP contribution is -1.99.